The number of halogens is 2. The van der Waals surface area contributed by atoms with Crippen molar-refractivity contribution < 1.29 is 4.52 Å². The maximum Gasteiger partial charge on any atom is 0.248 e. The Kier molecular flexibility index (Phi) is 7.95. The molecule has 1 aromatic carbocycles. The third kappa shape index (κ3) is 5.85. The van der Waals surface area contributed by atoms with Crippen molar-refractivity contribution in [1.82, 2.24) is 20.8 Å². The molecule has 6 nitrogen and oxygen atoms in total. The van der Waals surface area contributed by atoms with E-state index in [0.717, 1.165) is 18.1 Å². The molecule has 1 aliphatic carbocycles. The highest BCUT2D eigenvalue weighted by molar-refractivity contribution is 14.0. The van der Waals surface area contributed by atoms with Crippen LogP contribution in [0.5, 0.6) is 0 Å². The molecule has 0 radical (unpaired) electrons. The van der Waals surface area contributed by atoms with Crippen LogP contribution in [0.3, 0.4) is 0 Å². The highest BCUT2D eigenvalue weighted by Gasteiger charge is 2.16. The fourth-order valence-corrected chi connectivity index (χ4v) is 2.98. The molecule has 136 valence electrons. The second-order valence-corrected chi connectivity index (χ2v) is 6.28. The minimum Gasteiger partial charge on any atom is -0.357 e. The zero-order valence-corrected chi connectivity index (χ0v) is 17.3. The Morgan fingerprint density at radius 2 is 2.16 bits per heavy atom. The molecule has 1 fully saturated rings. The average Bonchev–Trinajstić information content (AvgIpc) is 3.24. The summed E-state index contributed by atoms with van der Waals surface area (Å²) in [7, 11) is 0. The smallest absolute Gasteiger partial charge is 0.248 e. The van der Waals surface area contributed by atoms with Crippen LogP contribution in [-0.2, 0) is 6.54 Å². The van der Waals surface area contributed by atoms with Crippen LogP contribution in [0.1, 0.15) is 38.5 Å². The molecule has 8 heteroatoms. The maximum absolute atomic E-state index is 6.00. The predicted molar refractivity (Wildman–Crippen MR) is 110 cm³/mol. The van der Waals surface area contributed by atoms with Gasteiger partial charge in [-0.1, -0.05) is 41.7 Å². The minimum absolute atomic E-state index is 0. The van der Waals surface area contributed by atoms with Gasteiger partial charge in [0.1, 0.15) is 6.54 Å². The summed E-state index contributed by atoms with van der Waals surface area (Å²) < 4.78 is 5.29. The first kappa shape index (κ1) is 20.0. The van der Waals surface area contributed by atoms with Gasteiger partial charge in [-0.3, -0.25) is 0 Å². The minimum atomic E-state index is 0. The first-order valence-electron chi connectivity index (χ1n) is 8.38. The third-order valence-electron chi connectivity index (χ3n) is 3.96. The Bertz CT molecular complexity index is 700. The van der Waals surface area contributed by atoms with E-state index in [2.05, 4.69) is 32.7 Å². The Balaban J connectivity index is 0.00000225. The Hall–Kier alpha value is -1.35. The van der Waals surface area contributed by atoms with Crippen molar-refractivity contribution in [3.63, 3.8) is 0 Å². The van der Waals surface area contributed by atoms with Crippen molar-refractivity contribution in [2.45, 2.75) is 45.2 Å². The summed E-state index contributed by atoms with van der Waals surface area (Å²) in [5.74, 6) is 1.80. The Labute approximate surface area is 169 Å². The molecule has 2 N–H and O–H groups in total. The molecule has 1 aromatic heterocycles. The number of aromatic nitrogens is 2. The van der Waals surface area contributed by atoms with Crippen LogP contribution >= 0.6 is 35.6 Å². The molecule has 1 saturated carbocycles. The van der Waals surface area contributed by atoms with Gasteiger partial charge in [0.15, 0.2) is 5.96 Å². The average molecular weight is 476 g/mol. The van der Waals surface area contributed by atoms with Gasteiger partial charge in [-0.05, 0) is 31.9 Å². The number of guanidine groups is 1. The van der Waals surface area contributed by atoms with Crippen LogP contribution in [0.4, 0.5) is 0 Å². The molecule has 1 heterocycles. The fourth-order valence-electron chi connectivity index (χ4n) is 2.79. The first-order chi connectivity index (χ1) is 11.7. The molecule has 0 spiro atoms. The van der Waals surface area contributed by atoms with Gasteiger partial charge >= 0.3 is 0 Å². The van der Waals surface area contributed by atoms with Crippen LogP contribution < -0.4 is 10.6 Å². The van der Waals surface area contributed by atoms with Crippen LogP contribution in [0.15, 0.2) is 33.8 Å². The van der Waals surface area contributed by atoms with E-state index in [9.17, 15) is 0 Å². The zero-order chi connectivity index (χ0) is 16.8. The number of aliphatic imine (C=N–C) groups is 1. The molecule has 2 aromatic rings. The van der Waals surface area contributed by atoms with Gasteiger partial charge in [0.2, 0.25) is 11.7 Å². The molecule has 0 amide bonds. The molecule has 1 aliphatic rings. The van der Waals surface area contributed by atoms with E-state index in [1.807, 2.05) is 24.3 Å². The van der Waals surface area contributed by atoms with E-state index in [1.54, 1.807) is 0 Å². The first-order valence-corrected chi connectivity index (χ1v) is 8.76. The molecule has 3 rings (SSSR count). The lowest BCUT2D eigenvalue weighted by molar-refractivity contribution is 0.380. The summed E-state index contributed by atoms with van der Waals surface area (Å²) >= 11 is 6.00. The summed E-state index contributed by atoms with van der Waals surface area (Å²) in [6.45, 7) is 3.21. The third-order valence-corrected chi connectivity index (χ3v) is 4.20. The lowest BCUT2D eigenvalue weighted by Gasteiger charge is -2.16. The lowest BCUT2D eigenvalue weighted by atomic mass is 10.2. The van der Waals surface area contributed by atoms with Gasteiger partial charge in [0.25, 0.3) is 0 Å². The molecule has 0 bridgehead atoms. The van der Waals surface area contributed by atoms with Crippen LogP contribution in [0.25, 0.3) is 11.4 Å². The quantitative estimate of drug-likeness (QED) is 0.388. The van der Waals surface area contributed by atoms with E-state index in [0.29, 0.717) is 29.3 Å². The van der Waals surface area contributed by atoms with E-state index < -0.39 is 0 Å². The van der Waals surface area contributed by atoms with Crippen molar-refractivity contribution in [1.29, 1.82) is 0 Å². The number of hydrogen-bond acceptors (Lipinski definition) is 4. The summed E-state index contributed by atoms with van der Waals surface area (Å²) in [5, 5.41) is 11.4. The summed E-state index contributed by atoms with van der Waals surface area (Å²) in [6.07, 6.45) is 4.96. The highest BCUT2D eigenvalue weighted by Crippen LogP contribution is 2.20. The fraction of sp³-hybridized carbons (Fsp3) is 0.471. The normalized spacial score (nSPS) is 15.0. The maximum atomic E-state index is 6.00. The highest BCUT2D eigenvalue weighted by atomic mass is 127. The molecule has 0 saturated heterocycles. The van der Waals surface area contributed by atoms with Crippen molar-refractivity contribution in [3.8, 4) is 11.4 Å². The number of benzene rings is 1. The van der Waals surface area contributed by atoms with Crippen molar-refractivity contribution in [2.75, 3.05) is 6.54 Å². The van der Waals surface area contributed by atoms with Gasteiger partial charge in [-0.15, -0.1) is 24.0 Å². The van der Waals surface area contributed by atoms with Gasteiger partial charge in [0, 0.05) is 23.2 Å². The number of nitrogens with one attached hydrogen (secondary N) is 2. The molecular formula is C17H23ClIN5O. The van der Waals surface area contributed by atoms with E-state index in [4.69, 9.17) is 16.1 Å². The van der Waals surface area contributed by atoms with E-state index >= 15 is 0 Å². The molecule has 25 heavy (non-hydrogen) atoms. The molecular weight excluding hydrogens is 453 g/mol. The molecule has 0 unspecified atom stereocenters. The molecule has 0 atom stereocenters. The van der Waals surface area contributed by atoms with Gasteiger partial charge in [-0.25, -0.2) is 4.99 Å². The van der Waals surface area contributed by atoms with Crippen molar-refractivity contribution in [2.24, 2.45) is 4.99 Å². The molecule has 0 aliphatic heterocycles. The second kappa shape index (κ2) is 9.96. The van der Waals surface area contributed by atoms with Gasteiger partial charge in [0.05, 0.1) is 0 Å². The van der Waals surface area contributed by atoms with Crippen molar-refractivity contribution >= 4 is 41.5 Å². The number of rotatable bonds is 5. The number of hydrogen-bond donors (Lipinski definition) is 2. The largest absolute Gasteiger partial charge is 0.357 e. The Morgan fingerprint density at radius 1 is 1.36 bits per heavy atom. The monoisotopic (exact) mass is 475 g/mol. The summed E-state index contributed by atoms with van der Waals surface area (Å²) in [5.41, 5.74) is 0.831. The summed E-state index contributed by atoms with van der Waals surface area (Å²) in [6, 6.07) is 7.89. The van der Waals surface area contributed by atoms with Crippen molar-refractivity contribution in [3.05, 3.63) is 35.2 Å². The zero-order valence-electron chi connectivity index (χ0n) is 14.2. The number of nitrogens with zero attached hydrogens (tertiary/aromatic N) is 3. The van der Waals surface area contributed by atoms with E-state index in [1.165, 1.54) is 25.7 Å². The second-order valence-electron chi connectivity index (χ2n) is 5.84. The van der Waals surface area contributed by atoms with Gasteiger partial charge < -0.3 is 15.2 Å². The lowest BCUT2D eigenvalue weighted by Crippen LogP contribution is -2.42. The standard InChI is InChI=1S/C17H22ClN5O.HI/c1-2-19-17(21-14-8-3-4-9-14)20-11-15-22-16(23-24-15)12-6-5-7-13(18)10-12;/h5-7,10,14H,2-4,8-9,11H2,1H3,(H2,19,20,21);1H. The predicted octanol–water partition coefficient (Wildman–Crippen LogP) is 4.01. The van der Waals surface area contributed by atoms with E-state index in [-0.39, 0.29) is 24.0 Å². The van der Waals surface area contributed by atoms with Crippen LogP contribution in [0, 0.1) is 0 Å². The van der Waals surface area contributed by atoms with Crippen LogP contribution in [-0.4, -0.2) is 28.7 Å². The Morgan fingerprint density at radius 3 is 2.88 bits per heavy atom. The SMILES string of the molecule is CCNC(=NCc1nc(-c2cccc(Cl)c2)no1)NC1CCCC1.I. The summed E-state index contributed by atoms with van der Waals surface area (Å²) in [4.78, 5) is 8.93. The topological polar surface area (TPSA) is 75.3 Å². The van der Waals surface area contributed by atoms with Gasteiger partial charge in [-0.2, -0.15) is 4.98 Å². The van der Waals surface area contributed by atoms with Crippen LogP contribution in [0.2, 0.25) is 5.02 Å².